The summed E-state index contributed by atoms with van der Waals surface area (Å²) in [6, 6.07) is 4.13. The molecule has 0 aliphatic heterocycles. The summed E-state index contributed by atoms with van der Waals surface area (Å²) >= 11 is 0. The van der Waals surface area contributed by atoms with E-state index in [9.17, 15) is 5.11 Å². The number of aromatic hydroxyl groups is 1. The highest BCUT2D eigenvalue weighted by atomic mass is 16.7. The van der Waals surface area contributed by atoms with Crippen molar-refractivity contribution < 1.29 is 24.6 Å². The first kappa shape index (κ1) is 12.0. The number of rotatable bonds is 4. The van der Waals surface area contributed by atoms with Crippen LogP contribution < -0.4 is 5.46 Å². The van der Waals surface area contributed by atoms with Crippen LogP contribution in [0.3, 0.4) is 0 Å². The minimum atomic E-state index is -1.63. The Morgan fingerprint density at radius 1 is 1.20 bits per heavy atom. The topological polar surface area (TPSA) is 79.2 Å². The van der Waals surface area contributed by atoms with Gasteiger partial charge in [0, 0.05) is 19.8 Å². The SMILES string of the molecule is COC(OC)c1cc(O)ccc1B(O)O. The molecule has 0 radical (unpaired) electrons. The van der Waals surface area contributed by atoms with Gasteiger partial charge in [-0.2, -0.15) is 0 Å². The molecule has 82 valence electrons. The molecular formula is C9H13BO5. The van der Waals surface area contributed by atoms with Gasteiger partial charge in [-0.05, 0) is 17.6 Å². The van der Waals surface area contributed by atoms with Crippen molar-refractivity contribution in [1.29, 1.82) is 0 Å². The van der Waals surface area contributed by atoms with Crippen molar-refractivity contribution in [1.82, 2.24) is 0 Å². The van der Waals surface area contributed by atoms with Gasteiger partial charge in [-0.25, -0.2) is 0 Å². The standard InChI is InChI=1S/C9H13BO5/c1-14-9(15-2)7-5-6(11)3-4-8(7)10(12)13/h3-5,9,11-13H,1-2H3. The molecule has 1 aromatic carbocycles. The maximum atomic E-state index is 9.28. The molecule has 5 nitrogen and oxygen atoms in total. The van der Waals surface area contributed by atoms with Crippen LogP contribution in [0.25, 0.3) is 0 Å². The average Bonchev–Trinajstić information content (AvgIpc) is 2.19. The zero-order chi connectivity index (χ0) is 11.4. The molecule has 0 fully saturated rings. The lowest BCUT2D eigenvalue weighted by Gasteiger charge is -2.17. The third kappa shape index (κ3) is 2.70. The second kappa shape index (κ2) is 5.13. The fraction of sp³-hybridized carbons (Fsp3) is 0.333. The van der Waals surface area contributed by atoms with E-state index < -0.39 is 13.4 Å². The molecule has 0 saturated carbocycles. The minimum absolute atomic E-state index is 0.00787. The van der Waals surface area contributed by atoms with E-state index >= 15 is 0 Å². The molecule has 0 heterocycles. The van der Waals surface area contributed by atoms with Gasteiger partial charge >= 0.3 is 7.12 Å². The number of hydrogen-bond acceptors (Lipinski definition) is 5. The molecule has 1 rings (SSSR count). The molecule has 1 aromatic rings. The molecule has 0 spiro atoms. The molecule has 0 bridgehead atoms. The van der Waals surface area contributed by atoms with Gasteiger partial charge < -0.3 is 24.6 Å². The fourth-order valence-corrected chi connectivity index (χ4v) is 1.35. The predicted octanol–water partition coefficient (Wildman–Crippen LogP) is -0.637. The van der Waals surface area contributed by atoms with E-state index in [4.69, 9.17) is 19.5 Å². The van der Waals surface area contributed by atoms with Crippen LogP contribution in [0.15, 0.2) is 18.2 Å². The summed E-state index contributed by atoms with van der Waals surface area (Å²) < 4.78 is 9.95. The van der Waals surface area contributed by atoms with E-state index in [1.165, 1.54) is 32.4 Å². The van der Waals surface area contributed by atoms with Gasteiger partial charge in [0.05, 0.1) is 0 Å². The van der Waals surface area contributed by atoms with E-state index in [0.29, 0.717) is 5.56 Å². The maximum Gasteiger partial charge on any atom is 0.488 e. The molecule has 0 aromatic heterocycles. The Hall–Kier alpha value is -1.08. The molecule has 3 N–H and O–H groups in total. The minimum Gasteiger partial charge on any atom is -0.508 e. The Bertz CT molecular complexity index is 324. The lowest BCUT2D eigenvalue weighted by Crippen LogP contribution is -2.34. The molecule has 0 atom stereocenters. The van der Waals surface area contributed by atoms with Crippen LogP contribution in [0, 0.1) is 0 Å². The van der Waals surface area contributed by atoms with Crippen molar-refractivity contribution in [3.05, 3.63) is 23.8 Å². The molecule has 0 unspecified atom stereocenters. The van der Waals surface area contributed by atoms with Crippen molar-refractivity contribution in [2.24, 2.45) is 0 Å². The molecule has 15 heavy (non-hydrogen) atoms. The summed E-state index contributed by atoms with van der Waals surface area (Å²) in [6.45, 7) is 0. The highest BCUT2D eigenvalue weighted by Crippen LogP contribution is 2.19. The van der Waals surface area contributed by atoms with Gasteiger partial charge in [-0.3, -0.25) is 0 Å². The summed E-state index contributed by atoms with van der Waals surface area (Å²) in [5.41, 5.74) is 0.622. The second-order valence-electron chi connectivity index (χ2n) is 2.99. The fourth-order valence-electron chi connectivity index (χ4n) is 1.35. The zero-order valence-corrected chi connectivity index (χ0v) is 8.54. The van der Waals surface area contributed by atoms with Gasteiger partial charge in [0.25, 0.3) is 0 Å². The van der Waals surface area contributed by atoms with Crippen LogP contribution in [0.4, 0.5) is 0 Å². The number of benzene rings is 1. The summed E-state index contributed by atoms with van der Waals surface area (Å²) in [4.78, 5) is 0. The van der Waals surface area contributed by atoms with Crippen molar-refractivity contribution in [3.8, 4) is 5.75 Å². The molecule has 0 aliphatic rings. The smallest absolute Gasteiger partial charge is 0.488 e. The predicted molar refractivity (Wildman–Crippen MR) is 54.7 cm³/mol. The van der Waals surface area contributed by atoms with Crippen molar-refractivity contribution in [3.63, 3.8) is 0 Å². The van der Waals surface area contributed by atoms with E-state index in [1.54, 1.807) is 0 Å². The quantitative estimate of drug-likeness (QED) is 0.457. The third-order valence-corrected chi connectivity index (χ3v) is 2.03. The van der Waals surface area contributed by atoms with E-state index in [-0.39, 0.29) is 11.2 Å². The first-order chi connectivity index (χ1) is 7.10. The lowest BCUT2D eigenvalue weighted by atomic mass is 9.76. The number of hydrogen-bond donors (Lipinski definition) is 3. The maximum absolute atomic E-state index is 9.28. The summed E-state index contributed by atoms with van der Waals surface area (Å²) in [5.74, 6) is 0.00787. The molecular weight excluding hydrogens is 199 g/mol. The zero-order valence-electron chi connectivity index (χ0n) is 8.54. The van der Waals surface area contributed by atoms with Crippen LogP contribution in [0.1, 0.15) is 11.9 Å². The van der Waals surface area contributed by atoms with Crippen LogP contribution >= 0.6 is 0 Å². The van der Waals surface area contributed by atoms with Crippen molar-refractivity contribution in [2.45, 2.75) is 6.29 Å². The van der Waals surface area contributed by atoms with Crippen LogP contribution in [-0.4, -0.2) is 36.5 Å². The number of phenolic OH excluding ortho intramolecular Hbond substituents is 1. The lowest BCUT2D eigenvalue weighted by molar-refractivity contribution is -0.105. The van der Waals surface area contributed by atoms with E-state index in [1.807, 2.05) is 0 Å². The van der Waals surface area contributed by atoms with Gasteiger partial charge in [0.1, 0.15) is 5.75 Å². The monoisotopic (exact) mass is 212 g/mol. The Labute approximate surface area is 88.0 Å². The highest BCUT2D eigenvalue weighted by Gasteiger charge is 2.22. The second-order valence-corrected chi connectivity index (χ2v) is 2.99. The van der Waals surface area contributed by atoms with E-state index in [0.717, 1.165) is 0 Å². The molecule has 0 saturated heterocycles. The number of ether oxygens (including phenoxy) is 2. The Morgan fingerprint density at radius 3 is 2.27 bits per heavy atom. The van der Waals surface area contributed by atoms with E-state index in [2.05, 4.69) is 0 Å². The van der Waals surface area contributed by atoms with Gasteiger partial charge in [0.2, 0.25) is 0 Å². The third-order valence-electron chi connectivity index (χ3n) is 2.03. The molecule has 6 heteroatoms. The Balaban J connectivity index is 3.16. The Kier molecular flexibility index (Phi) is 4.10. The summed E-state index contributed by atoms with van der Waals surface area (Å²) in [5, 5.41) is 27.5. The molecule has 0 amide bonds. The van der Waals surface area contributed by atoms with Crippen molar-refractivity contribution >= 4 is 12.6 Å². The van der Waals surface area contributed by atoms with Crippen molar-refractivity contribution in [2.75, 3.05) is 14.2 Å². The summed E-state index contributed by atoms with van der Waals surface area (Å²) in [6.07, 6.45) is -0.742. The number of methoxy groups -OCH3 is 2. The van der Waals surface area contributed by atoms with Crippen LogP contribution in [0.5, 0.6) is 5.75 Å². The first-order valence-electron chi connectivity index (χ1n) is 4.34. The Morgan fingerprint density at radius 2 is 1.80 bits per heavy atom. The van der Waals surface area contributed by atoms with Gasteiger partial charge in [-0.1, -0.05) is 6.07 Å². The van der Waals surface area contributed by atoms with Gasteiger partial charge in [0.15, 0.2) is 6.29 Å². The first-order valence-corrected chi connectivity index (χ1v) is 4.34. The number of phenols is 1. The van der Waals surface area contributed by atoms with Gasteiger partial charge in [-0.15, -0.1) is 0 Å². The van der Waals surface area contributed by atoms with Crippen LogP contribution in [-0.2, 0) is 9.47 Å². The normalized spacial score (nSPS) is 10.7. The molecule has 0 aliphatic carbocycles. The average molecular weight is 212 g/mol. The summed E-state index contributed by atoms with van der Waals surface area (Å²) in [7, 11) is 1.21. The van der Waals surface area contributed by atoms with Crippen LogP contribution in [0.2, 0.25) is 0 Å². The largest absolute Gasteiger partial charge is 0.508 e. The highest BCUT2D eigenvalue weighted by molar-refractivity contribution is 6.59.